The van der Waals surface area contributed by atoms with E-state index in [9.17, 15) is 14.3 Å². The Bertz CT molecular complexity index is 1070. The van der Waals surface area contributed by atoms with Gasteiger partial charge in [-0.3, -0.25) is 9.78 Å². The first-order valence-corrected chi connectivity index (χ1v) is 10.7. The van der Waals surface area contributed by atoms with E-state index in [2.05, 4.69) is 10.3 Å². The maximum Gasteiger partial charge on any atom is 0.268 e. The van der Waals surface area contributed by atoms with E-state index in [-0.39, 0.29) is 12.5 Å². The van der Waals surface area contributed by atoms with Crippen molar-refractivity contribution in [2.45, 2.75) is 37.1 Å². The van der Waals surface area contributed by atoms with Gasteiger partial charge >= 0.3 is 0 Å². The molecule has 4 rings (SSSR count). The van der Waals surface area contributed by atoms with Crippen LogP contribution in [0.25, 0.3) is 10.9 Å². The molecule has 1 amide bonds. The number of piperidine rings is 1. The summed E-state index contributed by atoms with van der Waals surface area (Å²) < 4.78 is 17.6. The Morgan fingerprint density at radius 3 is 3.00 bits per heavy atom. The lowest BCUT2D eigenvalue weighted by atomic mass is 10.1. The van der Waals surface area contributed by atoms with Gasteiger partial charge in [0, 0.05) is 48.9 Å². The van der Waals surface area contributed by atoms with E-state index in [1.165, 1.54) is 11.9 Å². The third-order valence-electron chi connectivity index (χ3n) is 5.59. The number of hydrogen-bond acceptors (Lipinski definition) is 5. The van der Waals surface area contributed by atoms with E-state index in [4.69, 9.17) is 0 Å². The molecule has 0 aliphatic carbocycles. The Balaban J connectivity index is 1.46. The highest BCUT2D eigenvalue weighted by Gasteiger charge is 2.29. The fourth-order valence-corrected chi connectivity index (χ4v) is 4.78. The summed E-state index contributed by atoms with van der Waals surface area (Å²) in [5, 5.41) is 13.6. The number of halogens is 1. The highest BCUT2D eigenvalue weighted by Crippen LogP contribution is 2.31. The Morgan fingerprint density at radius 1 is 1.37 bits per heavy atom. The molecule has 2 aromatic heterocycles. The highest BCUT2D eigenvalue weighted by molar-refractivity contribution is 7.97. The van der Waals surface area contributed by atoms with Crippen molar-refractivity contribution in [3.05, 3.63) is 59.5 Å². The molecule has 0 radical (unpaired) electrons. The number of nitrogens with zero attached hydrogens (tertiary/aromatic N) is 3. The maximum absolute atomic E-state index is 13.8. The standard InChI is InChI=1S/C22H25FN4O2S/c1-14-21(30-27-10-8-20(28)17(23)13-27)11-19(26(14)2)22(29)25-12-15-5-3-7-18-16(15)6-4-9-24-18/h3-7,9,11,17,20,28H,8,10,12-13H2,1-2H3,(H,25,29)/t17?,20-/m0/s1. The second-order valence-electron chi connectivity index (χ2n) is 7.56. The molecule has 6 nitrogen and oxygen atoms in total. The van der Waals surface area contributed by atoms with E-state index in [0.29, 0.717) is 25.2 Å². The monoisotopic (exact) mass is 428 g/mol. The predicted molar refractivity (Wildman–Crippen MR) is 116 cm³/mol. The summed E-state index contributed by atoms with van der Waals surface area (Å²) in [6.07, 6.45) is 0.0375. The zero-order valence-electron chi connectivity index (χ0n) is 17.0. The largest absolute Gasteiger partial charge is 0.390 e. The van der Waals surface area contributed by atoms with Gasteiger partial charge in [-0.2, -0.15) is 0 Å². The molecule has 0 saturated carbocycles. The molecule has 3 aromatic rings. The third-order valence-corrected chi connectivity index (χ3v) is 6.79. The number of rotatable bonds is 5. The van der Waals surface area contributed by atoms with Gasteiger partial charge in [-0.15, -0.1) is 0 Å². The maximum atomic E-state index is 13.8. The van der Waals surface area contributed by atoms with Crippen LogP contribution in [0, 0.1) is 6.92 Å². The second-order valence-corrected chi connectivity index (χ2v) is 8.70. The first-order chi connectivity index (χ1) is 14.4. The van der Waals surface area contributed by atoms with Crippen LogP contribution >= 0.6 is 11.9 Å². The number of nitrogens with one attached hydrogen (secondary N) is 1. The number of aliphatic hydroxyl groups excluding tert-OH is 1. The Morgan fingerprint density at radius 2 is 2.20 bits per heavy atom. The number of hydrogen-bond donors (Lipinski definition) is 2. The smallest absolute Gasteiger partial charge is 0.268 e. The molecule has 3 heterocycles. The molecular weight excluding hydrogens is 403 g/mol. The van der Waals surface area contributed by atoms with Gasteiger partial charge in [0.05, 0.1) is 11.6 Å². The summed E-state index contributed by atoms with van der Waals surface area (Å²) in [5.41, 5.74) is 3.41. The van der Waals surface area contributed by atoms with Crippen molar-refractivity contribution in [1.82, 2.24) is 19.2 Å². The van der Waals surface area contributed by atoms with Crippen molar-refractivity contribution in [1.29, 1.82) is 0 Å². The molecule has 0 spiro atoms. The SMILES string of the molecule is Cc1c(SN2CC[C@H](O)C(F)C2)cc(C(=O)NCc2cccc3ncccc23)n1C. The predicted octanol–water partition coefficient (Wildman–Crippen LogP) is 3.22. The first-order valence-electron chi connectivity index (χ1n) is 9.96. The third kappa shape index (κ3) is 4.21. The van der Waals surface area contributed by atoms with E-state index >= 15 is 0 Å². The molecular formula is C22H25FN4O2S. The fraction of sp³-hybridized carbons (Fsp3) is 0.364. The van der Waals surface area contributed by atoms with Crippen LogP contribution in [0.2, 0.25) is 0 Å². The van der Waals surface area contributed by atoms with Crippen LogP contribution in [-0.4, -0.2) is 50.2 Å². The Labute approximate surface area is 179 Å². The van der Waals surface area contributed by atoms with Crippen molar-refractivity contribution < 1.29 is 14.3 Å². The number of amides is 1. The number of pyridine rings is 1. The molecule has 1 fully saturated rings. The van der Waals surface area contributed by atoms with Crippen LogP contribution in [0.5, 0.6) is 0 Å². The van der Waals surface area contributed by atoms with Crippen LogP contribution < -0.4 is 5.32 Å². The van der Waals surface area contributed by atoms with E-state index in [1.807, 2.05) is 59.2 Å². The molecule has 1 saturated heterocycles. The summed E-state index contributed by atoms with van der Waals surface area (Å²) >= 11 is 1.44. The summed E-state index contributed by atoms with van der Waals surface area (Å²) in [6.45, 7) is 3.14. The average molecular weight is 429 g/mol. The minimum atomic E-state index is -1.24. The first kappa shape index (κ1) is 20.8. The number of carbonyl (C=O) groups excluding carboxylic acids is 1. The molecule has 8 heteroatoms. The van der Waals surface area contributed by atoms with Gasteiger partial charge in [0.25, 0.3) is 5.91 Å². The lowest BCUT2D eigenvalue weighted by Crippen LogP contribution is -2.41. The van der Waals surface area contributed by atoms with Gasteiger partial charge in [-0.05, 0) is 49.1 Å². The molecule has 30 heavy (non-hydrogen) atoms. The lowest BCUT2D eigenvalue weighted by molar-refractivity contribution is 0.0328. The van der Waals surface area contributed by atoms with E-state index in [1.54, 1.807) is 6.20 Å². The van der Waals surface area contributed by atoms with Crippen LogP contribution in [0.4, 0.5) is 4.39 Å². The van der Waals surface area contributed by atoms with E-state index in [0.717, 1.165) is 27.1 Å². The number of aromatic nitrogens is 2. The lowest BCUT2D eigenvalue weighted by Gasteiger charge is -2.30. The Kier molecular flexibility index (Phi) is 6.08. The minimum absolute atomic E-state index is 0.161. The molecule has 1 unspecified atom stereocenters. The van der Waals surface area contributed by atoms with Crippen molar-refractivity contribution >= 4 is 28.8 Å². The van der Waals surface area contributed by atoms with Crippen molar-refractivity contribution in [3.8, 4) is 0 Å². The number of alkyl halides is 1. The fourth-order valence-electron chi connectivity index (χ4n) is 3.66. The van der Waals surface area contributed by atoms with Crippen molar-refractivity contribution in [2.24, 2.45) is 7.05 Å². The molecule has 0 bridgehead atoms. The second kappa shape index (κ2) is 8.75. The van der Waals surface area contributed by atoms with Crippen LogP contribution in [-0.2, 0) is 13.6 Å². The zero-order chi connectivity index (χ0) is 21.3. The van der Waals surface area contributed by atoms with Crippen LogP contribution in [0.1, 0.15) is 28.2 Å². The van der Waals surface area contributed by atoms with Crippen LogP contribution in [0.3, 0.4) is 0 Å². The number of fused-ring (bicyclic) bond motifs is 1. The molecule has 1 aliphatic rings. The van der Waals surface area contributed by atoms with Gasteiger partial charge in [0.1, 0.15) is 11.9 Å². The molecule has 158 valence electrons. The highest BCUT2D eigenvalue weighted by atomic mass is 32.2. The molecule has 2 atom stereocenters. The van der Waals surface area contributed by atoms with Crippen molar-refractivity contribution in [3.63, 3.8) is 0 Å². The van der Waals surface area contributed by atoms with Gasteiger partial charge in [0.2, 0.25) is 0 Å². The van der Waals surface area contributed by atoms with Gasteiger partial charge < -0.3 is 15.0 Å². The number of aliphatic hydroxyl groups is 1. The normalized spacial score (nSPS) is 19.9. The van der Waals surface area contributed by atoms with Gasteiger partial charge in [0.15, 0.2) is 0 Å². The summed E-state index contributed by atoms with van der Waals surface area (Å²) in [5.74, 6) is -0.161. The number of carbonyl (C=O) groups is 1. The molecule has 1 aliphatic heterocycles. The average Bonchev–Trinajstić information content (AvgIpc) is 3.03. The quantitative estimate of drug-likeness (QED) is 0.611. The zero-order valence-corrected chi connectivity index (χ0v) is 17.8. The summed E-state index contributed by atoms with van der Waals surface area (Å²) in [6, 6.07) is 11.6. The molecule has 2 N–H and O–H groups in total. The molecule has 1 aromatic carbocycles. The topological polar surface area (TPSA) is 70.4 Å². The summed E-state index contributed by atoms with van der Waals surface area (Å²) in [7, 11) is 1.86. The van der Waals surface area contributed by atoms with E-state index < -0.39 is 12.3 Å². The van der Waals surface area contributed by atoms with Gasteiger partial charge in [-0.1, -0.05) is 18.2 Å². The minimum Gasteiger partial charge on any atom is -0.390 e. The Hall–Kier alpha value is -2.42. The van der Waals surface area contributed by atoms with Crippen LogP contribution in [0.15, 0.2) is 47.5 Å². The summed E-state index contributed by atoms with van der Waals surface area (Å²) in [4.78, 5) is 18.1. The number of benzene rings is 1. The van der Waals surface area contributed by atoms with Gasteiger partial charge in [-0.25, -0.2) is 8.70 Å². The van der Waals surface area contributed by atoms with Crippen molar-refractivity contribution in [2.75, 3.05) is 13.1 Å².